The number of nitrogens with one attached hydrogen (secondary N) is 2. The number of unbranched alkanes of at least 4 members (excludes halogenated alkanes) is 1. The molecule has 2 N–H and O–H groups in total. The number of carbonyl (C=O) groups excluding carboxylic acids is 1. The van der Waals surface area contributed by atoms with Crippen LogP contribution in [0.5, 0.6) is 0 Å². The van der Waals surface area contributed by atoms with Crippen LogP contribution in [-0.4, -0.2) is 55.5 Å². The highest BCUT2D eigenvalue weighted by Gasteiger charge is 2.17. The van der Waals surface area contributed by atoms with Crippen molar-refractivity contribution in [2.24, 2.45) is 4.99 Å². The summed E-state index contributed by atoms with van der Waals surface area (Å²) in [6.07, 6.45) is 7.99. The van der Waals surface area contributed by atoms with E-state index in [9.17, 15) is 4.79 Å². The summed E-state index contributed by atoms with van der Waals surface area (Å²) in [5.41, 5.74) is 1.93. The van der Waals surface area contributed by atoms with E-state index in [1.807, 2.05) is 40.9 Å². The van der Waals surface area contributed by atoms with Gasteiger partial charge in [-0.2, -0.15) is 11.8 Å². The van der Waals surface area contributed by atoms with Gasteiger partial charge in [-0.05, 0) is 61.8 Å². The van der Waals surface area contributed by atoms with Gasteiger partial charge in [0, 0.05) is 38.8 Å². The number of nitrogens with zero attached hydrogens (tertiary/aromatic N) is 2. The molecule has 7 heteroatoms. The molecule has 1 heterocycles. The number of carbonyl (C=O) groups is 1. The van der Waals surface area contributed by atoms with Crippen molar-refractivity contribution in [3.05, 3.63) is 35.4 Å². The smallest absolute Gasteiger partial charge is 0.253 e. The number of piperidine rings is 1. The van der Waals surface area contributed by atoms with Crippen LogP contribution in [0.4, 0.5) is 0 Å². The van der Waals surface area contributed by atoms with Crippen molar-refractivity contribution >= 4 is 47.6 Å². The Hall–Kier alpha value is -0.960. The molecule has 0 bridgehead atoms. The fourth-order valence-electron chi connectivity index (χ4n) is 3.03. The zero-order valence-electron chi connectivity index (χ0n) is 16.5. The molecule has 152 valence electrons. The first-order valence-corrected chi connectivity index (χ1v) is 11.0. The molecule has 2 rings (SSSR count). The molecule has 1 aromatic rings. The number of amides is 1. The molecule has 0 spiro atoms. The van der Waals surface area contributed by atoms with Crippen LogP contribution in [0.15, 0.2) is 29.3 Å². The molecule has 1 saturated heterocycles. The van der Waals surface area contributed by atoms with Gasteiger partial charge in [-0.25, -0.2) is 0 Å². The number of thioether (sulfide) groups is 1. The summed E-state index contributed by atoms with van der Waals surface area (Å²) in [6.45, 7) is 3.41. The Morgan fingerprint density at radius 3 is 2.44 bits per heavy atom. The largest absolute Gasteiger partial charge is 0.356 e. The highest BCUT2D eigenvalue weighted by Crippen LogP contribution is 2.13. The third-order valence-electron chi connectivity index (χ3n) is 4.60. The maximum atomic E-state index is 12.5. The number of halogens is 1. The number of hydrogen-bond donors (Lipinski definition) is 2. The molecular formula is C20H33IN4OS. The summed E-state index contributed by atoms with van der Waals surface area (Å²) in [7, 11) is 1.79. The Morgan fingerprint density at radius 2 is 1.81 bits per heavy atom. The number of hydrogen-bond acceptors (Lipinski definition) is 3. The summed E-state index contributed by atoms with van der Waals surface area (Å²) < 4.78 is 0. The lowest BCUT2D eigenvalue weighted by Gasteiger charge is -2.26. The summed E-state index contributed by atoms with van der Waals surface area (Å²) in [5, 5.41) is 6.67. The van der Waals surface area contributed by atoms with E-state index in [1.165, 1.54) is 18.6 Å². The van der Waals surface area contributed by atoms with Gasteiger partial charge in [0.15, 0.2) is 5.96 Å². The fraction of sp³-hybridized carbons (Fsp3) is 0.600. The van der Waals surface area contributed by atoms with Gasteiger partial charge >= 0.3 is 0 Å². The molecule has 0 radical (unpaired) electrons. The number of benzene rings is 1. The molecule has 1 aliphatic rings. The molecule has 0 saturated carbocycles. The van der Waals surface area contributed by atoms with E-state index < -0.39 is 0 Å². The molecule has 1 amide bonds. The number of likely N-dealkylation sites (tertiary alicyclic amines) is 1. The van der Waals surface area contributed by atoms with Gasteiger partial charge in [0.25, 0.3) is 5.91 Å². The SMILES string of the molecule is CN=C(NCCCCSC)NCc1ccc(C(=O)N2CCCCC2)cc1.I. The molecule has 0 aliphatic carbocycles. The van der Waals surface area contributed by atoms with Crippen molar-refractivity contribution in [1.29, 1.82) is 0 Å². The minimum absolute atomic E-state index is 0. The van der Waals surface area contributed by atoms with Gasteiger partial charge in [0.2, 0.25) is 0 Å². The van der Waals surface area contributed by atoms with Gasteiger partial charge in [-0.1, -0.05) is 12.1 Å². The topological polar surface area (TPSA) is 56.7 Å². The normalized spacial score (nSPS) is 14.4. The molecular weight excluding hydrogens is 471 g/mol. The minimum Gasteiger partial charge on any atom is -0.356 e. The predicted octanol–water partition coefficient (Wildman–Crippen LogP) is 3.74. The van der Waals surface area contributed by atoms with E-state index in [1.54, 1.807) is 7.05 Å². The van der Waals surface area contributed by atoms with Crippen LogP contribution in [0.3, 0.4) is 0 Å². The Balaban J connectivity index is 0.00000364. The lowest BCUT2D eigenvalue weighted by Crippen LogP contribution is -2.37. The van der Waals surface area contributed by atoms with Gasteiger partial charge in [0.05, 0.1) is 0 Å². The lowest BCUT2D eigenvalue weighted by atomic mass is 10.1. The Morgan fingerprint density at radius 1 is 1.11 bits per heavy atom. The fourth-order valence-corrected chi connectivity index (χ4v) is 3.52. The molecule has 5 nitrogen and oxygen atoms in total. The van der Waals surface area contributed by atoms with Crippen LogP contribution in [-0.2, 0) is 6.54 Å². The summed E-state index contributed by atoms with van der Waals surface area (Å²) in [5.74, 6) is 2.19. The second kappa shape index (κ2) is 14.1. The standard InChI is InChI=1S/C20H32N4OS.HI/c1-21-20(22-12-4-7-15-26-2)23-16-17-8-10-18(11-9-17)19(25)24-13-5-3-6-14-24;/h8-11H,3-7,12-16H2,1-2H3,(H2,21,22,23);1H. The van der Waals surface area contributed by atoms with Crippen molar-refractivity contribution in [2.45, 2.75) is 38.6 Å². The first-order chi connectivity index (χ1) is 12.7. The zero-order valence-corrected chi connectivity index (χ0v) is 19.6. The molecule has 1 aromatic carbocycles. The van der Waals surface area contributed by atoms with Crippen molar-refractivity contribution in [1.82, 2.24) is 15.5 Å². The van der Waals surface area contributed by atoms with Crippen LogP contribution < -0.4 is 10.6 Å². The van der Waals surface area contributed by atoms with E-state index in [0.29, 0.717) is 6.54 Å². The molecule has 0 unspecified atom stereocenters. The van der Waals surface area contributed by atoms with Gasteiger partial charge < -0.3 is 15.5 Å². The highest BCUT2D eigenvalue weighted by molar-refractivity contribution is 14.0. The number of guanidine groups is 1. The van der Waals surface area contributed by atoms with Crippen LogP contribution in [0.1, 0.15) is 48.0 Å². The maximum Gasteiger partial charge on any atom is 0.253 e. The van der Waals surface area contributed by atoms with E-state index in [4.69, 9.17) is 0 Å². The van der Waals surface area contributed by atoms with E-state index in [0.717, 1.165) is 56.0 Å². The third kappa shape index (κ3) is 8.72. The van der Waals surface area contributed by atoms with Crippen molar-refractivity contribution < 1.29 is 4.79 Å². The molecule has 1 fully saturated rings. The van der Waals surface area contributed by atoms with Gasteiger partial charge in [-0.3, -0.25) is 9.79 Å². The van der Waals surface area contributed by atoms with Crippen molar-refractivity contribution in [3.8, 4) is 0 Å². The summed E-state index contributed by atoms with van der Waals surface area (Å²) >= 11 is 1.89. The zero-order chi connectivity index (χ0) is 18.6. The van der Waals surface area contributed by atoms with Crippen molar-refractivity contribution in [3.63, 3.8) is 0 Å². The maximum absolute atomic E-state index is 12.5. The predicted molar refractivity (Wildman–Crippen MR) is 127 cm³/mol. The molecule has 0 atom stereocenters. The molecule has 0 aromatic heterocycles. The summed E-state index contributed by atoms with van der Waals surface area (Å²) in [6, 6.07) is 7.92. The number of rotatable bonds is 8. The molecule has 1 aliphatic heterocycles. The van der Waals surface area contributed by atoms with Gasteiger partial charge in [-0.15, -0.1) is 24.0 Å². The van der Waals surface area contributed by atoms with Crippen LogP contribution >= 0.6 is 35.7 Å². The first kappa shape index (κ1) is 24.1. The highest BCUT2D eigenvalue weighted by atomic mass is 127. The third-order valence-corrected chi connectivity index (χ3v) is 5.29. The Labute approximate surface area is 185 Å². The van der Waals surface area contributed by atoms with E-state index in [-0.39, 0.29) is 29.9 Å². The van der Waals surface area contributed by atoms with Crippen molar-refractivity contribution in [2.75, 3.05) is 38.7 Å². The van der Waals surface area contributed by atoms with Crippen LogP contribution in [0.2, 0.25) is 0 Å². The second-order valence-electron chi connectivity index (χ2n) is 6.60. The molecule has 27 heavy (non-hydrogen) atoms. The monoisotopic (exact) mass is 504 g/mol. The van der Waals surface area contributed by atoms with Gasteiger partial charge in [0.1, 0.15) is 0 Å². The Kier molecular flexibility index (Phi) is 12.6. The lowest BCUT2D eigenvalue weighted by molar-refractivity contribution is 0.0724. The van der Waals surface area contributed by atoms with E-state index >= 15 is 0 Å². The summed E-state index contributed by atoms with van der Waals surface area (Å²) in [4.78, 5) is 18.7. The van der Waals surface area contributed by atoms with Crippen LogP contribution in [0.25, 0.3) is 0 Å². The average Bonchev–Trinajstić information content (AvgIpc) is 2.70. The van der Waals surface area contributed by atoms with E-state index in [2.05, 4.69) is 21.9 Å². The quantitative estimate of drug-likeness (QED) is 0.245. The minimum atomic E-state index is 0. The first-order valence-electron chi connectivity index (χ1n) is 9.56. The second-order valence-corrected chi connectivity index (χ2v) is 7.59. The Bertz CT molecular complexity index is 574. The average molecular weight is 504 g/mol. The number of aliphatic imine (C=N–C) groups is 1. The van der Waals surface area contributed by atoms with Crippen LogP contribution in [0, 0.1) is 0 Å².